The minimum Gasteiger partial charge on any atom is -0.437 e. The molecule has 0 aliphatic heterocycles. The molecule has 2 aromatic rings. The van der Waals surface area contributed by atoms with Gasteiger partial charge in [-0.15, -0.1) is 0 Å². The summed E-state index contributed by atoms with van der Waals surface area (Å²) in [7, 11) is 0. The van der Waals surface area contributed by atoms with Gasteiger partial charge >= 0.3 is 0 Å². The molecule has 0 unspecified atom stereocenters. The van der Waals surface area contributed by atoms with Crippen LogP contribution in [0.4, 0.5) is 10.2 Å². The number of nitrogens with zero attached hydrogens (tertiary/aromatic N) is 2. The second kappa shape index (κ2) is 4.14. The molecule has 5 heteroatoms. The van der Waals surface area contributed by atoms with E-state index in [0.29, 0.717) is 11.3 Å². The zero-order chi connectivity index (χ0) is 11.5. The van der Waals surface area contributed by atoms with Crippen molar-refractivity contribution in [3.63, 3.8) is 0 Å². The molecule has 4 nitrogen and oxygen atoms in total. The van der Waals surface area contributed by atoms with Crippen LogP contribution in [0.2, 0.25) is 0 Å². The zero-order valence-electron chi connectivity index (χ0n) is 8.64. The van der Waals surface area contributed by atoms with Gasteiger partial charge in [0.1, 0.15) is 17.4 Å². The van der Waals surface area contributed by atoms with Crippen molar-refractivity contribution in [1.82, 2.24) is 9.97 Å². The van der Waals surface area contributed by atoms with Gasteiger partial charge in [-0.3, -0.25) is 4.98 Å². The Balaban J connectivity index is 2.27. The van der Waals surface area contributed by atoms with Gasteiger partial charge in [-0.1, -0.05) is 0 Å². The van der Waals surface area contributed by atoms with Gasteiger partial charge in [-0.2, -0.15) is 4.98 Å². The molecule has 0 fully saturated rings. The van der Waals surface area contributed by atoms with E-state index in [1.165, 1.54) is 30.6 Å². The van der Waals surface area contributed by atoms with Crippen LogP contribution in [0.1, 0.15) is 5.56 Å². The molecule has 0 atom stereocenters. The molecule has 1 aromatic carbocycles. The summed E-state index contributed by atoms with van der Waals surface area (Å²) in [5, 5.41) is 0. The third-order valence-electron chi connectivity index (χ3n) is 1.98. The van der Waals surface area contributed by atoms with Crippen molar-refractivity contribution in [1.29, 1.82) is 0 Å². The van der Waals surface area contributed by atoms with Gasteiger partial charge < -0.3 is 10.5 Å². The average molecular weight is 219 g/mol. The Hall–Kier alpha value is -2.17. The second-order valence-electron chi connectivity index (χ2n) is 3.29. The molecule has 0 bridgehead atoms. The highest BCUT2D eigenvalue weighted by atomic mass is 19.1. The number of nitrogen functional groups attached to an aromatic ring is 1. The standard InChI is InChI=1S/C11H10FN3O/c1-7-4-8(12)2-3-9(7)16-11-6-14-5-10(13)15-11/h2-6H,1H3,(H2,13,15). The lowest BCUT2D eigenvalue weighted by Gasteiger charge is -2.07. The lowest BCUT2D eigenvalue weighted by atomic mass is 10.2. The first-order valence-electron chi connectivity index (χ1n) is 4.66. The fraction of sp³-hybridized carbons (Fsp3) is 0.0909. The molecular weight excluding hydrogens is 209 g/mol. The van der Waals surface area contributed by atoms with Crippen molar-refractivity contribution in [2.75, 3.05) is 5.73 Å². The minimum absolute atomic E-state index is 0.275. The first-order valence-corrected chi connectivity index (χ1v) is 4.66. The normalized spacial score (nSPS) is 10.1. The first kappa shape index (κ1) is 10.4. The summed E-state index contributed by atoms with van der Waals surface area (Å²) < 4.78 is 18.3. The number of aryl methyl sites for hydroxylation is 1. The number of hydrogen-bond acceptors (Lipinski definition) is 4. The predicted molar refractivity (Wildman–Crippen MR) is 57.7 cm³/mol. The third kappa shape index (κ3) is 2.25. The number of halogens is 1. The van der Waals surface area contributed by atoms with E-state index in [0.717, 1.165) is 0 Å². The van der Waals surface area contributed by atoms with E-state index in [1.807, 2.05) is 0 Å². The number of anilines is 1. The highest BCUT2D eigenvalue weighted by Gasteiger charge is 2.04. The maximum Gasteiger partial charge on any atom is 0.239 e. The van der Waals surface area contributed by atoms with E-state index in [4.69, 9.17) is 10.5 Å². The number of hydrogen-bond donors (Lipinski definition) is 1. The molecule has 16 heavy (non-hydrogen) atoms. The molecule has 82 valence electrons. The summed E-state index contributed by atoms with van der Waals surface area (Å²) in [6.45, 7) is 1.75. The Morgan fingerprint density at radius 2 is 2.12 bits per heavy atom. The quantitative estimate of drug-likeness (QED) is 0.841. The summed E-state index contributed by atoms with van der Waals surface area (Å²) in [6, 6.07) is 4.24. The van der Waals surface area contributed by atoms with Crippen molar-refractivity contribution < 1.29 is 9.13 Å². The number of nitrogens with two attached hydrogens (primary N) is 1. The van der Waals surface area contributed by atoms with Crippen molar-refractivity contribution >= 4 is 5.82 Å². The van der Waals surface area contributed by atoms with Gasteiger partial charge in [0.15, 0.2) is 0 Å². The van der Waals surface area contributed by atoms with Crippen LogP contribution in [-0.2, 0) is 0 Å². The van der Waals surface area contributed by atoms with Crippen LogP contribution in [0, 0.1) is 12.7 Å². The molecule has 1 heterocycles. The predicted octanol–water partition coefficient (Wildman–Crippen LogP) is 2.30. The van der Waals surface area contributed by atoms with E-state index in [9.17, 15) is 4.39 Å². The summed E-state index contributed by atoms with van der Waals surface area (Å²) in [5.41, 5.74) is 6.15. The van der Waals surface area contributed by atoms with Gasteiger partial charge in [0.2, 0.25) is 5.88 Å². The lowest BCUT2D eigenvalue weighted by molar-refractivity contribution is 0.456. The zero-order valence-corrected chi connectivity index (χ0v) is 8.64. The SMILES string of the molecule is Cc1cc(F)ccc1Oc1cncc(N)n1. The molecule has 2 N–H and O–H groups in total. The summed E-state index contributed by atoms with van der Waals surface area (Å²) in [4.78, 5) is 7.77. The third-order valence-corrected chi connectivity index (χ3v) is 1.98. The Bertz CT molecular complexity index is 516. The summed E-state index contributed by atoms with van der Waals surface area (Å²) in [5.74, 6) is 0.789. The van der Waals surface area contributed by atoms with E-state index < -0.39 is 0 Å². The summed E-state index contributed by atoms with van der Waals surface area (Å²) in [6.07, 6.45) is 2.86. The van der Waals surface area contributed by atoms with Gasteiger partial charge in [0, 0.05) is 0 Å². The highest BCUT2D eigenvalue weighted by Crippen LogP contribution is 2.23. The van der Waals surface area contributed by atoms with Crippen LogP contribution in [0.15, 0.2) is 30.6 Å². The number of aromatic nitrogens is 2. The minimum atomic E-state index is -0.302. The van der Waals surface area contributed by atoms with Crippen LogP contribution in [0.5, 0.6) is 11.6 Å². The molecule has 0 amide bonds. The lowest BCUT2D eigenvalue weighted by Crippen LogP contribution is -1.95. The van der Waals surface area contributed by atoms with Crippen LogP contribution in [0.25, 0.3) is 0 Å². The Kier molecular flexibility index (Phi) is 2.68. The summed E-state index contributed by atoms with van der Waals surface area (Å²) >= 11 is 0. The smallest absolute Gasteiger partial charge is 0.239 e. The van der Waals surface area contributed by atoms with E-state index >= 15 is 0 Å². The molecule has 1 aromatic heterocycles. The molecular formula is C11H10FN3O. The van der Waals surface area contributed by atoms with Crippen LogP contribution >= 0.6 is 0 Å². The Morgan fingerprint density at radius 3 is 2.81 bits per heavy atom. The maximum atomic E-state index is 12.8. The molecule has 0 aliphatic rings. The maximum absolute atomic E-state index is 12.8. The fourth-order valence-electron chi connectivity index (χ4n) is 1.25. The van der Waals surface area contributed by atoms with Gasteiger partial charge in [0.25, 0.3) is 0 Å². The Labute approximate surface area is 91.9 Å². The Morgan fingerprint density at radius 1 is 1.31 bits per heavy atom. The van der Waals surface area contributed by atoms with Gasteiger partial charge in [-0.05, 0) is 30.7 Å². The molecule has 0 spiro atoms. The largest absolute Gasteiger partial charge is 0.437 e. The highest BCUT2D eigenvalue weighted by molar-refractivity contribution is 5.36. The van der Waals surface area contributed by atoms with Gasteiger partial charge in [0.05, 0.1) is 12.4 Å². The average Bonchev–Trinajstić information content (AvgIpc) is 2.22. The second-order valence-corrected chi connectivity index (χ2v) is 3.29. The number of benzene rings is 1. The van der Waals surface area contributed by atoms with Gasteiger partial charge in [-0.25, -0.2) is 4.39 Å². The topological polar surface area (TPSA) is 61.0 Å². The molecule has 0 aliphatic carbocycles. The van der Waals surface area contributed by atoms with Crippen molar-refractivity contribution in [2.45, 2.75) is 6.92 Å². The van der Waals surface area contributed by atoms with E-state index in [-0.39, 0.29) is 17.5 Å². The van der Waals surface area contributed by atoms with Crippen molar-refractivity contribution in [3.05, 3.63) is 42.0 Å². The van der Waals surface area contributed by atoms with Crippen molar-refractivity contribution in [3.8, 4) is 11.6 Å². The number of rotatable bonds is 2. The molecule has 0 radical (unpaired) electrons. The fourth-order valence-corrected chi connectivity index (χ4v) is 1.25. The van der Waals surface area contributed by atoms with Crippen LogP contribution < -0.4 is 10.5 Å². The monoisotopic (exact) mass is 219 g/mol. The van der Waals surface area contributed by atoms with Crippen molar-refractivity contribution in [2.24, 2.45) is 0 Å². The van der Waals surface area contributed by atoms with Crippen LogP contribution in [0.3, 0.4) is 0 Å². The van der Waals surface area contributed by atoms with E-state index in [1.54, 1.807) is 6.92 Å². The van der Waals surface area contributed by atoms with E-state index in [2.05, 4.69) is 9.97 Å². The molecule has 0 saturated carbocycles. The van der Waals surface area contributed by atoms with Crippen LogP contribution in [-0.4, -0.2) is 9.97 Å². The number of ether oxygens (including phenoxy) is 1. The first-order chi connectivity index (χ1) is 7.65. The molecule has 0 saturated heterocycles. The molecule has 2 rings (SSSR count).